The Balaban J connectivity index is 3.84. The number of aliphatic hydroxyl groups excluding tert-OH is 1. The van der Waals surface area contributed by atoms with Gasteiger partial charge in [0.25, 0.3) is 0 Å². The van der Waals surface area contributed by atoms with Gasteiger partial charge in [-0.1, -0.05) is 20.8 Å². The molecule has 0 aromatic rings. The number of nitrogens with zero attached hydrogens (tertiary/aromatic N) is 1. The molecule has 4 nitrogen and oxygen atoms in total. The molecule has 0 rings (SSSR count). The van der Waals surface area contributed by atoms with Crippen LogP contribution in [0.4, 0.5) is 0 Å². The van der Waals surface area contributed by atoms with Gasteiger partial charge in [-0.15, -0.1) is 0 Å². The van der Waals surface area contributed by atoms with Gasteiger partial charge in [0.15, 0.2) is 0 Å². The van der Waals surface area contributed by atoms with Crippen LogP contribution >= 0.6 is 0 Å². The Morgan fingerprint density at radius 1 is 1.24 bits per heavy atom. The molecule has 0 fully saturated rings. The van der Waals surface area contributed by atoms with Crippen LogP contribution in [-0.4, -0.2) is 62.0 Å². The van der Waals surface area contributed by atoms with E-state index in [-0.39, 0.29) is 6.10 Å². The molecule has 0 aliphatic rings. The summed E-state index contributed by atoms with van der Waals surface area (Å²) in [5.74, 6) is 0.622. The van der Waals surface area contributed by atoms with Crippen molar-refractivity contribution in [2.24, 2.45) is 5.92 Å². The fraction of sp³-hybridized carbons (Fsp3) is 1.00. The van der Waals surface area contributed by atoms with Crippen LogP contribution in [0.1, 0.15) is 27.7 Å². The maximum atomic E-state index is 9.94. The van der Waals surface area contributed by atoms with E-state index in [1.165, 1.54) is 0 Å². The van der Waals surface area contributed by atoms with Crippen molar-refractivity contribution in [1.82, 2.24) is 10.2 Å². The van der Waals surface area contributed by atoms with E-state index in [0.29, 0.717) is 31.7 Å². The number of hydrogen-bond donors (Lipinski definition) is 2. The Bertz CT molecular complexity index is 177. The normalized spacial score (nSPS) is 15.5. The molecular weight excluding hydrogens is 216 g/mol. The van der Waals surface area contributed by atoms with Crippen LogP contribution in [0.2, 0.25) is 0 Å². The lowest BCUT2D eigenvalue weighted by molar-refractivity contribution is 0.0582. The molecule has 0 spiro atoms. The zero-order valence-electron chi connectivity index (χ0n) is 12.1. The van der Waals surface area contributed by atoms with Gasteiger partial charge >= 0.3 is 0 Å². The summed E-state index contributed by atoms with van der Waals surface area (Å²) in [7, 11) is 1.71. The van der Waals surface area contributed by atoms with Crippen LogP contribution in [0.15, 0.2) is 0 Å². The van der Waals surface area contributed by atoms with Crippen molar-refractivity contribution in [2.45, 2.75) is 39.8 Å². The lowest BCUT2D eigenvalue weighted by Gasteiger charge is -2.29. The van der Waals surface area contributed by atoms with Crippen LogP contribution in [-0.2, 0) is 4.74 Å². The predicted molar refractivity (Wildman–Crippen MR) is 72.3 cm³/mol. The molecule has 0 aromatic heterocycles. The molecule has 4 heteroatoms. The first kappa shape index (κ1) is 16.8. The average molecular weight is 246 g/mol. The molecule has 104 valence electrons. The third kappa shape index (κ3) is 8.55. The van der Waals surface area contributed by atoms with E-state index in [1.807, 2.05) is 0 Å². The second-order valence-corrected chi connectivity index (χ2v) is 5.10. The van der Waals surface area contributed by atoms with E-state index < -0.39 is 0 Å². The monoisotopic (exact) mass is 246 g/mol. The van der Waals surface area contributed by atoms with Gasteiger partial charge in [0.1, 0.15) is 0 Å². The lowest BCUT2D eigenvalue weighted by Crippen LogP contribution is -2.44. The van der Waals surface area contributed by atoms with Gasteiger partial charge in [-0.3, -0.25) is 4.90 Å². The Morgan fingerprint density at radius 3 is 2.35 bits per heavy atom. The summed E-state index contributed by atoms with van der Waals surface area (Å²) in [5.41, 5.74) is 0. The number of aliphatic hydroxyl groups is 1. The first-order valence-electron chi connectivity index (χ1n) is 6.63. The maximum absolute atomic E-state index is 9.94. The highest BCUT2D eigenvalue weighted by atomic mass is 16.5. The molecule has 0 bridgehead atoms. The summed E-state index contributed by atoms with van der Waals surface area (Å²) in [6.45, 7) is 12.5. The van der Waals surface area contributed by atoms with Gasteiger partial charge in [-0.2, -0.15) is 0 Å². The minimum absolute atomic E-state index is 0.312. The number of methoxy groups -OCH3 is 1. The van der Waals surface area contributed by atoms with Crippen molar-refractivity contribution < 1.29 is 9.84 Å². The largest absolute Gasteiger partial charge is 0.390 e. The molecule has 17 heavy (non-hydrogen) atoms. The topological polar surface area (TPSA) is 44.7 Å². The highest BCUT2D eigenvalue weighted by Crippen LogP contribution is 2.01. The number of ether oxygens (including phenoxy) is 1. The molecule has 0 aliphatic heterocycles. The van der Waals surface area contributed by atoms with E-state index in [1.54, 1.807) is 7.11 Å². The summed E-state index contributed by atoms with van der Waals surface area (Å²) in [5, 5.41) is 13.2. The SMILES string of the molecule is CCN(CC(O)CNCC(C)C)C(C)COC. The number of hydrogen-bond acceptors (Lipinski definition) is 4. The molecular formula is C13H30N2O2. The Kier molecular flexibility index (Phi) is 9.74. The summed E-state index contributed by atoms with van der Waals surface area (Å²) in [6, 6.07) is 0.352. The minimum atomic E-state index is -0.312. The Labute approximate surface area is 106 Å². The second kappa shape index (κ2) is 9.83. The van der Waals surface area contributed by atoms with Gasteiger partial charge in [0.2, 0.25) is 0 Å². The highest BCUT2D eigenvalue weighted by molar-refractivity contribution is 4.71. The van der Waals surface area contributed by atoms with Gasteiger partial charge in [-0.25, -0.2) is 0 Å². The van der Waals surface area contributed by atoms with Crippen molar-refractivity contribution >= 4 is 0 Å². The third-order valence-electron chi connectivity index (χ3n) is 2.82. The smallest absolute Gasteiger partial charge is 0.0791 e. The zero-order valence-corrected chi connectivity index (χ0v) is 12.1. The molecule has 2 unspecified atom stereocenters. The van der Waals surface area contributed by atoms with Crippen LogP contribution in [0.3, 0.4) is 0 Å². The predicted octanol–water partition coefficient (Wildman–Crippen LogP) is 0.950. The van der Waals surface area contributed by atoms with Crippen molar-refractivity contribution in [2.75, 3.05) is 39.9 Å². The Morgan fingerprint density at radius 2 is 1.88 bits per heavy atom. The molecule has 0 heterocycles. The first-order chi connectivity index (χ1) is 8.01. The van der Waals surface area contributed by atoms with Crippen molar-refractivity contribution in [3.8, 4) is 0 Å². The summed E-state index contributed by atoms with van der Waals surface area (Å²) < 4.78 is 5.14. The van der Waals surface area contributed by atoms with Gasteiger partial charge in [0.05, 0.1) is 12.7 Å². The highest BCUT2D eigenvalue weighted by Gasteiger charge is 2.15. The van der Waals surface area contributed by atoms with Gasteiger partial charge in [-0.05, 0) is 25.9 Å². The van der Waals surface area contributed by atoms with Crippen LogP contribution in [0.25, 0.3) is 0 Å². The van der Waals surface area contributed by atoms with E-state index in [9.17, 15) is 5.11 Å². The minimum Gasteiger partial charge on any atom is -0.390 e. The van der Waals surface area contributed by atoms with E-state index in [4.69, 9.17) is 4.74 Å². The van der Waals surface area contributed by atoms with E-state index >= 15 is 0 Å². The zero-order chi connectivity index (χ0) is 13.3. The maximum Gasteiger partial charge on any atom is 0.0791 e. The summed E-state index contributed by atoms with van der Waals surface area (Å²) in [4.78, 5) is 2.24. The fourth-order valence-corrected chi connectivity index (χ4v) is 1.84. The van der Waals surface area contributed by atoms with E-state index in [0.717, 1.165) is 13.1 Å². The molecule has 0 aromatic carbocycles. The van der Waals surface area contributed by atoms with Gasteiger partial charge < -0.3 is 15.2 Å². The molecule has 0 aliphatic carbocycles. The van der Waals surface area contributed by atoms with Crippen LogP contribution in [0.5, 0.6) is 0 Å². The molecule has 2 atom stereocenters. The van der Waals surface area contributed by atoms with Gasteiger partial charge in [0, 0.05) is 26.2 Å². The lowest BCUT2D eigenvalue weighted by atomic mass is 10.2. The quantitative estimate of drug-likeness (QED) is 0.602. The molecule has 2 N–H and O–H groups in total. The van der Waals surface area contributed by atoms with Crippen LogP contribution < -0.4 is 5.32 Å². The van der Waals surface area contributed by atoms with Crippen molar-refractivity contribution in [3.63, 3.8) is 0 Å². The Hall–Kier alpha value is -0.160. The van der Waals surface area contributed by atoms with Crippen LogP contribution in [0, 0.1) is 5.92 Å². The fourth-order valence-electron chi connectivity index (χ4n) is 1.84. The molecule has 0 saturated carbocycles. The molecule has 0 radical (unpaired) electrons. The summed E-state index contributed by atoms with van der Waals surface area (Å²) >= 11 is 0. The van der Waals surface area contributed by atoms with E-state index in [2.05, 4.69) is 37.9 Å². The van der Waals surface area contributed by atoms with Crippen molar-refractivity contribution in [1.29, 1.82) is 0 Å². The average Bonchev–Trinajstić information content (AvgIpc) is 2.25. The number of rotatable bonds is 10. The third-order valence-corrected chi connectivity index (χ3v) is 2.82. The number of likely N-dealkylation sites (N-methyl/N-ethyl adjacent to an activating group) is 1. The second-order valence-electron chi connectivity index (χ2n) is 5.10. The molecule has 0 saturated heterocycles. The summed E-state index contributed by atoms with van der Waals surface area (Å²) in [6.07, 6.45) is -0.312. The first-order valence-corrected chi connectivity index (χ1v) is 6.63. The molecule has 0 amide bonds. The number of nitrogens with one attached hydrogen (secondary N) is 1. The standard InChI is InChI=1S/C13H30N2O2/c1-6-15(12(4)10-17-5)9-13(16)8-14-7-11(2)3/h11-14,16H,6-10H2,1-5H3. The van der Waals surface area contributed by atoms with Crippen molar-refractivity contribution in [3.05, 3.63) is 0 Å².